The van der Waals surface area contributed by atoms with Crippen LogP contribution in [0.15, 0.2) is 35.9 Å². The lowest BCUT2D eigenvalue weighted by Gasteiger charge is -2.61. The van der Waals surface area contributed by atoms with Crippen LogP contribution in [0.5, 0.6) is 0 Å². The molecule has 1 spiro atoms. The van der Waals surface area contributed by atoms with Crippen LogP contribution < -0.4 is 0 Å². The second-order valence-electron chi connectivity index (χ2n) is 11.5. The van der Waals surface area contributed by atoms with Crippen molar-refractivity contribution in [2.24, 2.45) is 22.7 Å². The maximum atomic E-state index is 12.8. The van der Waals surface area contributed by atoms with Gasteiger partial charge in [0.2, 0.25) is 0 Å². The molecule has 190 valence electrons. The van der Waals surface area contributed by atoms with Crippen molar-refractivity contribution >= 4 is 11.7 Å². The van der Waals surface area contributed by atoms with Crippen molar-refractivity contribution in [3.05, 3.63) is 51.6 Å². The number of hydrogen-bond donors (Lipinski definition) is 0. The number of nitro groups is 1. The van der Waals surface area contributed by atoms with Gasteiger partial charge in [-0.2, -0.15) is 0 Å². The smallest absolute Gasteiger partial charge is 0.338 e. The highest BCUT2D eigenvalue weighted by Crippen LogP contribution is 2.66. The number of carbonyl (C=O) groups excluding carboxylic acids is 1. The molecule has 3 fully saturated rings. The molecule has 7 nitrogen and oxygen atoms in total. The average Bonchev–Trinajstić information content (AvgIpc) is 3.14. The number of nitro benzene ring substituents is 1. The fourth-order valence-corrected chi connectivity index (χ4v) is 7.59. The van der Waals surface area contributed by atoms with E-state index in [1.54, 1.807) is 0 Å². The fraction of sp³-hybridized carbons (Fsp3) is 0.679. The predicted octanol–water partition coefficient (Wildman–Crippen LogP) is 6.21. The van der Waals surface area contributed by atoms with Crippen molar-refractivity contribution in [1.82, 2.24) is 0 Å². The third-order valence-electron chi connectivity index (χ3n) is 9.66. The number of ether oxygens (including phenoxy) is 3. The van der Waals surface area contributed by atoms with Crippen molar-refractivity contribution in [2.75, 3.05) is 6.61 Å². The monoisotopic (exact) mass is 483 g/mol. The Morgan fingerprint density at radius 1 is 1.09 bits per heavy atom. The Kier molecular flexibility index (Phi) is 6.07. The van der Waals surface area contributed by atoms with Gasteiger partial charge in [-0.05, 0) is 75.8 Å². The van der Waals surface area contributed by atoms with Gasteiger partial charge in [0.25, 0.3) is 5.69 Å². The molecule has 1 heterocycles. The highest BCUT2D eigenvalue weighted by Gasteiger charge is 2.62. The van der Waals surface area contributed by atoms with Gasteiger partial charge in [-0.15, -0.1) is 0 Å². The number of benzene rings is 1. The summed E-state index contributed by atoms with van der Waals surface area (Å²) in [6.45, 7) is 9.28. The number of carbonyl (C=O) groups is 1. The average molecular weight is 484 g/mol. The minimum absolute atomic E-state index is 0.0326. The molecule has 3 aliphatic carbocycles. The first kappa shape index (κ1) is 24.4. The molecule has 35 heavy (non-hydrogen) atoms. The van der Waals surface area contributed by atoms with E-state index < -0.39 is 16.7 Å². The van der Waals surface area contributed by atoms with Crippen molar-refractivity contribution in [3.8, 4) is 0 Å². The molecular weight excluding hydrogens is 446 g/mol. The second-order valence-corrected chi connectivity index (χ2v) is 11.5. The molecule has 2 saturated carbocycles. The Bertz CT molecular complexity index is 1020. The Labute approximate surface area is 207 Å². The Morgan fingerprint density at radius 2 is 1.77 bits per heavy atom. The van der Waals surface area contributed by atoms with Gasteiger partial charge in [0, 0.05) is 29.9 Å². The minimum atomic E-state index is -0.485. The normalized spacial score (nSPS) is 37.8. The number of non-ortho nitro benzene ring substituents is 1. The summed E-state index contributed by atoms with van der Waals surface area (Å²) in [5.74, 6) is -0.160. The van der Waals surface area contributed by atoms with Crippen molar-refractivity contribution in [1.29, 1.82) is 0 Å². The van der Waals surface area contributed by atoms with Gasteiger partial charge >= 0.3 is 5.97 Å². The molecule has 0 bridgehead atoms. The molecule has 0 unspecified atom stereocenters. The summed E-state index contributed by atoms with van der Waals surface area (Å²) in [5.41, 5.74) is 1.67. The molecule has 7 heteroatoms. The van der Waals surface area contributed by atoms with E-state index in [1.165, 1.54) is 29.8 Å². The Morgan fingerprint density at radius 3 is 2.43 bits per heavy atom. The number of hydrogen-bond acceptors (Lipinski definition) is 6. The highest BCUT2D eigenvalue weighted by molar-refractivity contribution is 5.89. The lowest BCUT2D eigenvalue weighted by atomic mass is 9.46. The summed E-state index contributed by atoms with van der Waals surface area (Å²) >= 11 is 0. The zero-order valence-electron chi connectivity index (χ0n) is 21.2. The van der Waals surface area contributed by atoms with E-state index in [4.69, 9.17) is 14.2 Å². The van der Waals surface area contributed by atoms with Crippen LogP contribution in [0, 0.1) is 32.8 Å². The van der Waals surface area contributed by atoms with Gasteiger partial charge in [0.05, 0.1) is 22.7 Å². The Balaban J connectivity index is 1.35. The molecule has 0 N–H and O–H groups in total. The van der Waals surface area contributed by atoms with Gasteiger partial charge in [0.1, 0.15) is 6.61 Å². The van der Waals surface area contributed by atoms with Crippen LogP contribution in [0.1, 0.15) is 83.0 Å². The van der Waals surface area contributed by atoms with E-state index in [1.807, 2.05) is 0 Å². The molecule has 4 aliphatic rings. The fourth-order valence-electron chi connectivity index (χ4n) is 7.59. The van der Waals surface area contributed by atoms with Crippen LogP contribution in [0.25, 0.3) is 0 Å². The molecule has 0 radical (unpaired) electrons. The molecule has 5 rings (SSSR count). The van der Waals surface area contributed by atoms with Crippen molar-refractivity contribution in [3.63, 3.8) is 0 Å². The SMILES string of the molecule is C[C@H]1OC2(CC[C@]3(C)C4=CCCC[C@]4(COC(=O)c4ccc([N+](=O)[O-])cc4)CC[C@H]3[C@@H]2C)O[C@@H]1C. The summed E-state index contributed by atoms with van der Waals surface area (Å²) in [6.07, 6.45) is 9.76. The first-order valence-electron chi connectivity index (χ1n) is 13.1. The number of rotatable bonds is 4. The summed E-state index contributed by atoms with van der Waals surface area (Å²) in [6, 6.07) is 5.64. The summed E-state index contributed by atoms with van der Waals surface area (Å²) in [5, 5.41) is 10.9. The van der Waals surface area contributed by atoms with Gasteiger partial charge < -0.3 is 14.2 Å². The zero-order valence-corrected chi connectivity index (χ0v) is 21.2. The quantitative estimate of drug-likeness (QED) is 0.219. The molecule has 1 saturated heterocycles. The number of allylic oxidation sites excluding steroid dienone is 1. The first-order valence-corrected chi connectivity index (χ1v) is 13.1. The van der Waals surface area contributed by atoms with E-state index >= 15 is 0 Å². The molecule has 1 aromatic carbocycles. The standard InChI is InChI=1S/C28H37NO6/c1-18-23-12-14-27(17-33-25(30)21-8-10-22(11-9-21)29(31)32)13-6-5-7-24(27)26(23,4)15-16-28(18)34-19(2)20(3)35-28/h7-11,18-20,23H,5-6,12-17H2,1-4H3/t18-,19+,20+,23-,26-,27+/m0/s1. The van der Waals surface area contributed by atoms with E-state index in [2.05, 4.69) is 33.8 Å². The molecule has 0 amide bonds. The van der Waals surface area contributed by atoms with Gasteiger partial charge in [-0.3, -0.25) is 10.1 Å². The van der Waals surface area contributed by atoms with Crippen LogP contribution in [0.3, 0.4) is 0 Å². The predicted molar refractivity (Wildman–Crippen MR) is 131 cm³/mol. The third kappa shape index (κ3) is 3.91. The van der Waals surface area contributed by atoms with Crippen LogP contribution >= 0.6 is 0 Å². The topological polar surface area (TPSA) is 87.9 Å². The lowest BCUT2D eigenvalue weighted by molar-refractivity contribution is -0.384. The van der Waals surface area contributed by atoms with Crippen LogP contribution in [0.2, 0.25) is 0 Å². The van der Waals surface area contributed by atoms with Crippen molar-refractivity contribution < 1.29 is 23.9 Å². The highest BCUT2D eigenvalue weighted by atomic mass is 16.8. The maximum Gasteiger partial charge on any atom is 0.338 e. The van der Waals surface area contributed by atoms with Crippen molar-refractivity contribution in [2.45, 2.75) is 90.6 Å². The van der Waals surface area contributed by atoms with Gasteiger partial charge in [-0.25, -0.2) is 4.79 Å². The summed E-state index contributed by atoms with van der Waals surface area (Å²) in [7, 11) is 0. The van der Waals surface area contributed by atoms with Crippen LogP contribution in [-0.2, 0) is 14.2 Å². The molecule has 6 atom stereocenters. The first-order chi connectivity index (χ1) is 16.6. The van der Waals surface area contributed by atoms with Crippen LogP contribution in [-0.4, -0.2) is 35.5 Å². The summed E-state index contributed by atoms with van der Waals surface area (Å²) < 4.78 is 18.8. The van der Waals surface area contributed by atoms with Gasteiger partial charge in [-0.1, -0.05) is 25.5 Å². The van der Waals surface area contributed by atoms with Gasteiger partial charge in [0.15, 0.2) is 5.79 Å². The Hall–Kier alpha value is -2.25. The third-order valence-corrected chi connectivity index (χ3v) is 9.66. The summed E-state index contributed by atoms with van der Waals surface area (Å²) in [4.78, 5) is 23.3. The molecule has 1 aromatic rings. The van der Waals surface area contributed by atoms with E-state index in [9.17, 15) is 14.9 Å². The largest absolute Gasteiger partial charge is 0.461 e. The molecular formula is C28H37NO6. The number of nitrogens with zero attached hydrogens (tertiary/aromatic N) is 1. The molecule has 0 aromatic heterocycles. The molecule has 1 aliphatic heterocycles. The second kappa shape index (κ2) is 8.70. The van der Waals surface area contributed by atoms with E-state index in [0.717, 1.165) is 44.9 Å². The lowest BCUT2D eigenvalue weighted by Crippen LogP contribution is -2.57. The van der Waals surface area contributed by atoms with E-state index in [0.29, 0.717) is 18.1 Å². The minimum Gasteiger partial charge on any atom is -0.461 e. The maximum absolute atomic E-state index is 12.8. The van der Waals surface area contributed by atoms with Crippen LogP contribution in [0.4, 0.5) is 5.69 Å². The number of esters is 1. The van der Waals surface area contributed by atoms with E-state index in [-0.39, 0.29) is 34.6 Å². The number of fused-ring (bicyclic) bond motifs is 3. The zero-order chi connectivity index (χ0) is 25.0.